The number of nitrogens with two attached hydrogens (primary N) is 1. The average Bonchev–Trinajstić information content (AvgIpc) is 2.73. The maximum atomic E-state index is 12.0. The molecule has 8 nitrogen and oxygen atoms in total. The largest absolute Gasteiger partial charge is 0.381 e. The number of primary amides is 1. The van der Waals surface area contributed by atoms with E-state index in [1.54, 1.807) is 5.17 Å². The molecule has 1 aromatic rings. The number of rotatable bonds is 8. The first-order valence-corrected chi connectivity index (χ1v) is 10.6. The molecule has 1 aromatic heterocycles. The number of nitrogens with zero attached hydrogens (tertiary/aromatic N) is 4. The second-order valence-electron chi connectivity index (χ2n) is 8.42. The number of hydrogen-bond acceptors (Lipinski definition) is 7. The molecule has 8 heteroatoms. The number of pyridine rings is 1. The van der Waals surface area contributed by atoms with Crippen LogP contribution in [0.5, 0.6) is 0 Å². The highest BCUT2D eigenvalue weighted by atomic mass is 16.7. The number of piperazine rings is 1. The molecule has 0 aromatic carbocycles. The van der Waals surface area contributed by atoms with Gasteiger partial charge in [-0.15, -0.1) is 5.17 Å². The van der Waals surface area contributed by atoms with Gasteiger partial charge < -0.3 is 15.4 Å². The van der Waals surface area contributed by atoms with Crippen LogP contribution in [0.1, 0.15) is 38.7 Å². The first-order valence-electron chi connectivity index (χ1n) is 10.6. The van der Waals surface area contributed by atoms with Gasteiger partial charge in [0.05, 0.1) is 0 Å². The molecule has 0 aliphatic carbocycles. The van der Waals surface area contributed by atoms with Crippen LogP contribution in [0.4, 0.5) is 5.82 Å². The zero-order chi connectivity index (χ0) is 20.9. The van der Waals surface area contributed by atoms with Gasteiger partial charge in [-0.3, -0.25) is 9.63 Å². The molecule has 2 N–H and O–H groups in total. The van der Waals surface area contributed by atoms with Crippen LogP contribution in [0, 0.1) is 5.92 Å². The Balaban J connectivity index is 1.51. The van der Waals surface area contributed by atoms with Crippen molar-refractivity contribution in [3.8, 4) is 0 Å². The standard InChI is InChI=1S/C21H35N5O3/c1-17(2)4-5-18-6-7-19(23-16-18)25-10-12-26(13-11-25)24(3)29-21(20(22)27)8-14-28-15-9-21/h6-7,16-17H,4-5,8-15H2,1-3H3,(H2,22,27). The van der Waals surface area contributed by atoms with Crippen molar-refractivity contribution in [2.24, 2.45) is 11.7 Å². The number of carbonyl (C=O) groups is 1. The van der Waals surface area contributed by atoms with E-state index in [0.717, 1.165) is 38.4 Å². The Morgan fingerprint density at radius 3 is 2.52 bits per heavy atom. The highest BCUT2D eigenvalue weighted by molar-refractivity contribution is 5.83. The van der Waals surface area contributed by atoms with Gasteiger partial charge in [-0.25, -0.2) is 9.99 Å². The molecule has 0 atom stereocenters. The summed E-state index contributed by atoms with van der Waals surface area (Å²) in [4.78, 5) is 25.0. The summed E-state index contributed by atoms with van der Waals surface area (Å²) in [5, 5.41) is 3.80. The Bertz CT molecular complexity index is 653. The van der Waals surface area contributed by atoms with Crippen LogP contribution in [0.25, 0.3) is 0 Å². The van der Waals surface area contributed by atoms with Gasteiger partial charge in [0, 0.05) is 65.5 Å². The Morgan fingerprint density at radius 1 is 1.28 bits per heavy atom. The lowest BCUT2D eigenvalue weighted by Gasteiger charge is -2.43. The molecule has 162 valence electrons. The summed E-state index contributed by atoms with van der Waals surface area (Å²) in [5.41, 5.74) is 5.97. The first kappa shape index (κ1) is 22.0. The molecule has 29 heavy (non-hydrogen) atoms. The quantitative estimate of drug-likeness (QED) is 0.658. The lowest BCUT2D eigenvalue weighted by molar-refractivity contribution is -0.328. The minimum atomic E-state index is -0.975. The molecular formula is C21H35N5O3. The normalized spacial score (nSPS) is 20.4. The van der Waals surface area contributed by atoms with Crippen molar-refractivity contribution < 1.29 is 14.4 Å². The molecule has 0 radical (unpaired) electrons. The van der Waals surface area contributed by atoms with Crippen LogP contribution >= 0.6 is 0 Å². The Hall–Kier alpha value is -1.74. The summed E-state index contributed by atoms with van der Waals surface area (Å²) in [6, 6.07) is 4.31. The molecule has 2 aliphatic heterocycles. The van der Waals surface area contributed by atoms with Gasteiger partial charge in [0.25, 0.3) is 5.91 Å². The average molecular weight is 406 g/mol. The van der Waals surface area contributed by atoms with Crippen molar-refractivity contribution in [2.75, 3.05) is 51.3 Å². The first-order chi connectivity index (χ1) is 13.9. The summed E-state index contributed by atoms with van der Waals surface area (Å²) < 4.78 is 5.37. The van der Waals surface area contributed by atoms with Crippen LogP contribution < -0.4 is 10.6 Å². The predicted molar refractivity (Wildman–Crippen MR) is 112 cm³/mol. The topological polar surface area (TPSA) is 84.2 Å². The predicted octanol–water partition coefficient (Wildman–Crippen LogP) is 1.61. The molecule has 3 rings (SSSR count). The number of amides is 1. The van der Waals surface area contributed by atoms with Gasteiger partial charge in [-0.05, 0) is 30.4 Å². The third kappa shape index (κ3) is 5.66. The van der Waals surface area contributed by atoms with E-state index in [4.69, 9.17) is 15.3 Å². The van der Waals surface area contributed by atoms with Crippen molar-refractivity contribution in [1.82, 2.24) is 15.2 Å². The van der Waals surface area contributed by atoms with E-state index in [9.17, 15) is 4.79 Å². The van der Waals surface area contributed by atoms with Crippen LogP contribution in [-0.2, 0) is 20.8 Å². The number of hydrogen-bond donors (Lipinski definition) is 1. The Morgan fingerprint density at radius 2 is 1.97 bits per heavy atom. The number of carbonyl (C=O) groups excluding carboxylic acids is 1. The molecule has 0 saturated carbocycles. The van der Waals surface area contributed by atoms with Gasteiger partial charge in [0.15, 0.2) is 5.60 Å². The molecule has 2 saturated heterocycles. The summed E-state index contributed by atoms with van der Waals surface area (Å²) in [6.07, 6.45) is 5.24. The van der Waals surface area contributed by atoms with Gasteiger partial charge in [0.1, 0.15) is 5.82 Å². The fourth-order valence-corrected chi connectivity index (χ4v) is 3.81. The van der Waals surface area contributed by atoms with Crippen molar-refractivity contribution in [2.45, 2.75) is 45.1 Å². The van der Waals surface area contributed by atoms with E-state index in [2.05, 4.69) is 40.9 Å². The number of aryl methyl sites for hydroxylation is 1. The van der Waals surface area contributed by atoms with Crippen LogP contribution in [0.2, 0.25) is 0 Å². The Kier molecular flexibility index (Phi) is 7.45. The monoisotopic (exact) mass is 405 g/mol. The summed E-state index contributed by atoms with van der Waals surface area (Å²) >= 11 is 0. The third-order valence-electron chi connectivity index (χ3n) is 5.85. The number of ether oxygens (including phenoxy) is 1. The fourth-order valence-electron chi connectivity index (χ4n) is 3.81. The molecule has 2 aliphatic rings. The lowest BCUT2D eigenvalue weighted by atomic mass is 9.94. The van der Waals surface area contributed by atoms with E-state index >= 15 is 0 Å². The summed E-state index contributed by atoms with van der Waals surface area (Å²) in [5.74, 6) is 1.30. The second kappa shape index (κ2) is 9.84. The Labute approximate surface area is 173 Å². The number of aromatic nitrogens is 1. The zero-order valence-corrected chi connectivity index (χ0v) is 18.0. The second-order valence-corrected chi connectivity index (χ2v) is 8.42. The minimum absolute atomic E-state index is 0.423. The molecule has 2 fully saturated rings. The molecular weight excluding hydrogens is 370 g/mol. The van der Waals surface area contributed by atoms with Crippen LogP contribution in [0.15, 0.2) is 18.3 Å². The van der Waals surface area contributed by atoms with Crippen LogP contribution in [-0.4, -0.2) is 73.1 Å². The van der Waals surface area contributed by atoms with E-state index in [1.165, 1.54) is 12.0 Å². The fraction of sp³-hybridized carbons (Fsp3) is 0.714. The smallest absolute Gasteiger partial charge is 0.252 e. The summed E-state index contributed by atoms with van der Waals surface area (Å²) in [6.45, 7) is 8.74. The number of hydroxylamine groups is 1. The van der Waals surface area contributed by atoms with Crippen molar-refractivity contribution in [1.29, 1.82) is 0 Å². The van der Waals surface area contributed by atoms with Gasteiger partial charge in [0.2, 0.25) is 0 Å². The highest BCUT2D eigenvalue weighted by Crippen LogP contribution is 2.27. The zero-order valence-electron chi connectivity index (χ0n) is 18.0. The van der Waals surface area contributed by atoms with E-state index < -0.39 is 11.5 Å². The lowest BCUT2D eigenvalue weighted by Crippen LogP contribution is -2.59. The van der Waals surface area contributed by atoms with Gasteiger partial charge >= 0.3 is 0 Å². The third-order valence-corrected chi connectivity index (χ3v) is 5.85. The highest BCUT2D eigenvalue weighted by Gasteiger charge is 2.42. The molecule has 3 heterocycles. The maximum Gasteiger partial charge on any atom is 0.252 e. The van der Waals surface area contributed by atoms with E-state index in [-0.39, 0.29) is 0 Å². The number of hydrazine groups is 1. The molecule has 1 amide bonds. The summed E-state index contributed by atoms with van der Waals surface area (Å²) in [7, 11) is 1.84. The molecule has 0 unspecified atom stereocenters. The molecule has 0 spiro atoms. The van der Waals surface area contributed by atoms with Gasteiger partial charge in [-0.2, -0.15) is 0 Å². The SMILES string of the molecule is CC(C)CCc1ccc(N2CCN(N(C)OC3(C(N)=O)CCOCC3)CC2)nc1. The van der Waals surface area contributed by atoms with Gasteiger partial charge in [-0.1, -0.05) is 19.9 Å². The van der Waals surface area contributed by atoms with Crippen molar-refractivity contribution >= 4 is 11.7 Å². The maximum absolute atomic E-state index is 12.0. The van der Waals surface area contributed by atoms with Crippen LogP contribution in [0.3, 0.4) is 0 Å². The van der Waals surface area contributed by atoms with Crippen molar-refractivity contribution in [3.05, 3.63) is 23.9 Å². The number of anilines is 1. The van der Waals surface area contributed by atoms with Crippen molar-refractivity contribution in [3.63, 3.8) is 0 Å². The van der Waals surface area contributed by atoms with E-state index in [1.807, 2.05) is 13.2 Å². The van der Waals surface area contributed by atoms with E-state index in [0.29, 0.717) is 32.0 Å². The minimum Gasteiger partial charge on any atom is -0.381 e. The molecule has 0 bridgehead atoms.